The van der Waals surface area contributed by atoms with Crippen molar-refractivity contribution >= 4 is 5.91 Å². The van der Waals surface area contributed by atoms with Crippen LogP contribution in [0.5, 0.6) is 0 Å². The number of hydrogen-bond donors (Lipinski definition) is 0. The number of carbonyl (C=O) groups is 1. The summed E-state index contributed by atoms with van der Waals surface area (Å²) in [6, 6.07) is 0.570. The molecule has 3 aliphatic heterocycles. The molecule has 0 unspecified atom stereocenters. The van der Waals surface area contributed by atoms with Crippen molar-refractivity contribution in [1.82, 2.24) is 19.6 Å². The van der Waals surface area contributed by atoms with Crippen molar-refractivity contribution in [2.45, 2.75) is 37.8 Å². The highest BCUT2D eigenvalue weighted by Gasteiger charge is 2.41. The maximum absolute atomic E-state index is 13.0. The Morgan fingerprint density at radius 3 is 2.83 bits per heavy atom. The predicted octanol–water partition coefficient (Wildman–Crippen LogP) is 1.19. The van der Waals surface area contributed by atoms with Gasteiger partial charge in [-0.3, -0.25) is 14.4 Å². The molecule has 3 aliphatic rings. The van der Waals surface area contributed by atoms with Gasteiger partial charge in [0.25, 0.3) is 0 Å². The molecule has 6 nitrogen and oxygen atoms in total. The normalized spacial score (nSPS) is 32.0. The van der Waals surface area contributed by atoms with E-state index in [2.05, 4.69) is 14.9 Å². The second-order valence-electron chi connectivity index (χ2n) is 7.10. The highest BCUT2D eigenvalue weighted by atomic mass is 16.5. The van der Waals surface area contributed by atoms with Crippen molar-refractivity contribution in [1.29, 1.82) is 0 Å². The van der Waals surface area contributed by atoms with Gasteiger partial charge in [0.2, 0.25) is 5.91 Å². The zero-order chi connectivity index (χ0) is 15.8. The third-order valence-corrected chi connectivity index (χ3v) is 5.59. The third-order valence-electron chi connectivity index (χ3n) is 5.59. The maximum atomic E-state index is 13.0. The average molecular weight is 318 g/mol. The summed E-state index contributed by atoms with van der Waals surface area (Å²) < 4.78 is 7.64. The molecule has 1 aromatic heterocycles. The molecule has 4 heterocycles. The maximum Gasteiger partial charge on any atom is 0.228 e. The summed E-state index contributed by atoms with van der Waals surface area (Å²) in [6.07, 6.45) is 8.23. The Bertz CT molecular complexity index is 567. The Balaban J connectivity index is 1.42. The number of nitrogens with zero attached hydrogens (tertiary/aromatic N) is 4. The Hall–Kier alpha value is -1.40. The minimum Gasteiger partial charge on any atom is -0.373 e. The predicted molar refractivity (Wildman–Crippen MR) is 85.8 cm³/mol. The molecule has 3 saturated heterocycles. The van der Waals surface area contributed by atoms with Gasteiger partial charge in [0.15, 0.2) is 0 Å². The van der Waals surface area contributed by atoms with Gasteiger partial charge in [0.05, 0.1) is 18.2 Å². The standard InChI is InChI=1S/C17H26N4O2/c1-19-11-13(10-18-19)16-15(5-9-23-16)17(22)21-8-4-14(12-21)20-6-2-3-7-20/h10-11,14-16H,2-9,12H2,1H3/t14-,15-,16+/m0/s1. The van der Waals surface area contributed by atoms with Gasteiger partial charge in [-0.05, 0) is 38.8 Å². The van der Waals surface area contributed by atoms with E-state index in [0.29, 0.717) is 12.6 Å². The van der Waals surface area contributed by atoms with Gasteiger partial charge in [-0.2, -0.15) is 5.10 Å². The number of rotatable bonds is 3. The Morgan fingerprint density at radius 1 is 1.26 bits per heavy atom. The fraction of sp³-hybridized carbons (Fsp3) is 0.765. The summed E-state index contributed by atoms with van der Waals surface area (Å²) in [5.41, 5.74) is 1.03. The topological polar surface area (TPSA) is 50.6 Å². The molecule has 6 heteroatoms. The van der Waals surface area contributed by atoms with Gasteiger partial charge in [-0.15, -0.1) is 0 Å². The van der Waals surface area contributed by atoms with Crippen molar-refractivity contribution in [2.24, 2.45) is 13.0 Å². The van der Waals surface area contributed by atoms with E-state index in [-0.39, 0.29) is 17.9 Å². The van der Waals surface area contributed by atoms with E-state index in [9.17, 15) is 4.79 Å². The van der Waals surface area contributed by atoms with E-state index in [4.69, 9.17) is 4.74 Å². The number of ether oxygens (including phenoxy) is 1. The molecule has 0 bridgehead atoms. The van der Waals surface area contributed by atoms with E-state index in [1.807, 2.05) is 19.4 Å². The lowest BCUT2D eigenvalue weighted by Crippen LogP contribution is -2.39. The summed E-state index contributed by atoms with van der Waals surface area (Å²) in [7, 11) is 1.90. The van der Waals surface area contributed by atoms with Crippen molar-refractivity contribution in [3.8, 4) is 0 Å². The number of carbonyl (C=O) groups excluding carboxylic acids is 1. The highest BCUT2D eigenvalue weighted by Crippen LogP contribution is 2.36. The summed E-state index contributed by atoms with van der Waals surface area (Å²) in [4.78, 5) is 17.6. The first-order chi connectivity index (χ1) is 11.2. The molecule has 1 aromatic rings. The first-order valence-corrected chi connectivity index (χ1v) is 8.85. The Kier molecular flexibility index (Phi) is 4.11. The molecule has 0 saturated carbocycles. The molecule has 126 valence electrons. The molecule has 3 fully saturated rings. The van der Waals surface area contributed by atoms with E-state index >= 15 is 0 Å². The van der Waals surface area contributed by atoms with Gasteiger partial charge in [0, 0.05) is 44.5 Å². The van der Waals surface area contributed by atoms with Crippen LogP contribution in [0.3, 0.4) is 0 Å². The molecule has 0 N–H and O–H groups in total. The Labute approximate surface area is 137 Å². The quantitative estimate of drug-likeness (QED) is 0.840. The number of aryl methyl sites for hydroxylation is 1. The van der Waals surface area contributed by atoms with Crippen molar-refractivity contribution < 1.29 is 9.53 Å². The first kappa shape index (κ1) is 15.1. The van der Waals surface area contributed by atoms with Crippen LogP contribution in [0.4, 0.5) is 0 Å². The average Bonchev–Trinajstić information content (AvgIpc) is 3.31. The van der Waals surface area contributed by atoms with Gasteiger partial charge in [-0.1, -0.05) is 0 Å². The molecule has 1 amide bonds. The minimum absolute atomic E-state index is 0.0449. The summed E-state index contributed by atoms with van der Waals surface area (Å²) in [5.74, 6) is 0.231. The fourth-order valence-corrected chi connectivity index (χ4v) is 4.34. The van der Waals surface area contributed by atoms with E-state index in [1.54, 1.807) is 4.68 Å². The lowest BCUT2D eigenvalue weighted by molar-refractivity contribution is -0.136. The number of aromatic nitrogens is 2. The SMILES string of the molecule is Cn1cc([C@H]2OCC[C@@H]2C(=O)N2CC[C@H](N3CCCC3)C2)cn1. The molecule has 0 aliphatic carbocycles. The fourth-order valence-electron chi connectivity index (χ4n) is 4.34. The zero-order valence-electron chi connectivity index (χ0n) is 13.9. The highest BCUT2D eigenvalue weighted by molar-refractivity contribution is 5.80. The van der Waals surface area contributed by atoms with Crippen LogP contribution in [0.15, 0.2) is 12.4 Å². The van der Waals surface area contributed by atoms with E-state index in [0.717, 1.165) is 31.5 Å². The van der Waals surface area contributed by atoms with Gasteiger partial charge in [-0.25, -0.2) is 0 Å². The second kappa shape index (κ2) is 6.24. The third kappa shape index (κ3) is 2.90. The van der Waals surface area contributed by atoms with Gasteiger partial charge < -0.3 is 9.64 Å². The van der Waals surface area contributed by atoms with Crippen LogP contribution in [-0.2, 0) is 16.6 Å². The lowest BCUT2D eigenvalue weighted by Gasteiger charge is -2.26. The second-order valence-corrected chi connectivity index (χ2v) is 7.10. The van der Waals surface area contributed by atoms with Crippen molar-refractivity contribution in [3.63, 3.8) is 0 Å². The van der Waals surface area contributed by atoms with E-state index < -0.39 is 0 Å². The molecular weight excluding hydrogens is 292 g/mol. The summed E-state index contributed by atoms with van der Waals surface area (Å²) in [5, 5.41) is 4.22. The van der Waals surface area contributed by atoms with Crippen LogP contribution in [0.2, 0.25) is 0 Å². The largest absolute Gasteiger partial charge is 0.373 e. The van der Waals surface area contributed by atoms with Gasteiger partial charge >= 0.3 is 0 Å². The number of hydrogen-bond acceptors (Lipinski definition) is 4. The molecule has 0 radical (unpaired) electrons. The van der Waals surface area contributed by atoms with Crippen LogP contribution in [0.25, 0.3) is 0 Å². The molecule has 3 atom stereocenters. The molecule has 0 aromatic carbocycles. The smallest absolute Gasteiger partial charge is 0.228 e. The van der Waals surface area contributed by atoms with Crippen LogP contribution >= 0.6 is 0 Å². The van der Waals surface area contributed by atoms with Crippen LogP contribution in [-0.4, -0.2) is 64.3 Å². The van der Waals surface area contributed by atoms with Crippen molar-refractivity contribution in [2.75, 3.05) is 32.8 Å². The molecule has 0 spiro atoms. The molecular formula is C17H26N4O2. The van der Waals surface area contributed by atoms with Crippen LogP contribution in [0.1, 0.15) is 37.4 Å². The number of likely N-dealkylation sites (tertiary alicyclic amines) is 2. The minimum atomic E-state index is -0.123. The first-order valence-electron chi connectivity index (χ1n) is 8.85. The van der Waals surface area contributed by atoms with Crippen molar-refractivity contribution in [3.05, 3.63) is 18.0 Å². The zero-order valence-corrected chi connectivity index (χ0v) is 13.9. The van der Waals surface area contributed by atoms with Crippen LogP contribution < -0.4 is 0 Å². The Morgan fingerprint density at radius 2 is 2.09 bits per heavy atom. The monoisotopic (exact) mass is 318 g/mol. The van der Waals surface area contributed by atoms with Gasteiger partial charge in [0.1, 0.15) is 0 Å². The molecule has 4 rings (SSSR count). The van der Waals surface area contributed by atoms with Crippen LogP contribution in [0, 0.1) is 5.92 Å². The number of amides is 1. The summed E-state index contributed by atoms with van der Waals surface area (Å²) in [6.45, 7) is 4.87. The molecule has 23 heavy (non-hydrogen) atoms. The summed E-state index contributed by atoms with van der Waals surface area (Å²) >= 11 is 0. The lowest BCUT2D eigenvalue weighted by atomic mass is 9.96. The van der Waals surface area contributed by atoms with E-state index in [1.165, 1.54) is 25.9 Å².